The summed E-state index contributed by atoms with van der Waals surface area (Å²) in [6, 6.07) is 7.33. The summed E-state index contributed by atoms with van der Waals surface area (Å²) in [5.74, 6) is -1.63. The Morgan fingerprint density at radius 2 is 1.58 bits per heavy atom. The fraction of sp³-hybridized carbons (Fsp3) is 0.486. The van der Waals surface area contributed by atoms with Gasteiger partial charge in [0.15, 0.2) is 5.96 Å². The third kappa shape index (κ3) is 31.1. The lowest BCUT2D eigenvalue weighted by molar-refractivity contribution is -0.139. The van der Waals surface area contributed by atoms with Crippen LogP contribution < -0.4 is 32.7 Å². The second-order valence-electron chi connectivity index (χ2n) is 11.3. The summed E-state index contributed by atoms with van der Waals surface area (Å²) in [5, 5.41) is 18.7. The molecule has 9 N–H and O–H groups in total. The number of aliphatic imine (C=N–C) groups is 1. The SMILES string of the molecule is C=C/C=C\C(=C/C)CC(NC(=O)NCC(=O)NC(C(=O)NCC=O)C(C)C)C(=O)O.CC(C)C.CCCN=C(N)N.Cc1ccccc1. The summed E-state index contributed by atoms with van der Waals surface area (Å²) >= 11 is 0. The van der Waals surface area contributed by atoms with E-state index in [4.69, 9.17) is 11.5 Å². The van der Waals surface area contributed by atoms with Gasteiger partial charge in [-0.3, -0.25) is 14.6 Å². The van der Waals surface area contributed by atoms with Gasteiger partial charge in [0, 0.05) is 13.0 Å². The number of nitrogens with one attached hydrogen (secondary N) is 4. The van der Waals surface area contributed by atoms with E-state index in [0.29, 0.717) is 11.9 Å². The maximum absolute atomic E-state index is 12.1. The van der Waals surface area contributed by atoms with Gasteiger partial charge in [0.1, 0.15) is 18.4 Å². The van der Waals surface area contributed by atoms with E-state index in [1.807, 2.05) is 25.1 Å². The van der Waals surface area contributed by atoms with Gasteiger partial charge in [-0.2, -0.15) is 0 Å². The zero-order chi connectivity index (χ0) is 37.5. The Kier molecular flexibility index (Phi) is 30.4. The molecule has 1 rings (SSSR count). The van der Waals surface area contributed by atoms with Crippen molar-refractivity contribution >= 4 is 36.1 Å². The number of benzene rings is 1. The normalized spacial score (nSPS) is 11.5. The second-order valence-corrected chi connectivity index (χ2v) is 11.3. The first-order chi connectivity index (χ1) is 22.5. The van der Waals surface area contributed by atoms with Gasteiger partial charge in [-0.25, -0.2) is 9.59 Å². The van der Waals surface area contributed by atoms with Crippen molar-refractivity contribution in [3.8, 4) is 0 Å². The van der Waals surface area contributed by atoms with E-state index in [1.165, 1.54) is 5.56 Å². The molecule has 0 radical (unpaired) electrons. The molecule has 0 bridgehead atoms. The number of allylic oxidation sites excluding steroid dienone is 4. The predicted octanol–water partition coefficient (Wildman–Crippen LogP) is 3.60. The molecule has 0 aliphatic rings. The summed E-state index contributed by atoms with van der Waals surface area (Å²) in [6.45, 7) is 19.4. The molecule has 0 saturated carbocycles. The number of amides is 4. The third-order valence-electron chi connectivity index (χ3n) is 5.35. The number of hydrogen-bond acceptors (Lipinski definition) is 6. The average Bonchev–Trinajstić information content (AvgIpc) is 3.02. The molecule has 0 aromatic heterocycles. The molecule has 4 amide bonds. The first-order valence-corrected chi connectivity index (χ1v) is 15.8. The number of nitrogens with zero attached hydrogens (tertiary/aromatic N) is 1. The summed E-state index contributed by atoms with van der Waals surface area (Å²) in [6.07, 6.45) is 8.15. The first kappa shape index (κ1) is 47.5. The monoisotopic (exact) mass is 673 g/mol. The fourth-order valence-corrected chi connectivity index (χ4v) is 3.07. The van der Waals surface area contributed by atoms with Crippen LogP contribution in [0.15, 0.2) is 71.8 Å². The largest absolute Gasteiger partial charge is 0.480 e. The van der Waals surface area contributed by atoms with Crippen LogP contribution >= 0.6 is 0 Å². The van der Waals surface area contributed by atoms with E-state index in [2.05, 4.69) is 72.7 Å². The van der Waals surface area contributed by atoms with Crippen LogP contribution in [0.2, 0.25) is 0 Å². The molecule has 270 valence electrons. The van der Waals surface area contributed by atoms with E-state index in [-0.39, 0.29) is 24.8 Å². The van der Waals surface area contributed by atoms with Gasteiger partial charge in [0.25, 0.3) is 0 Å². The van der Waals surface area contributed by atoms with E-state index in [0.717, 1.165) is 18.9 Å². The zero-order valence-electron chi connectivity index (χ0n) is 29.9. The number of aldehydes is 1. The van der Waals surface area contributed by atoms with Crippen molar-refractivity contribution in [1.82, 2.24) is 21.3 Å². The van der Waals surface area contributed by atoms with Crippen molar-refractivity contribution in [3.05, 3.63) is 72.4 Å². The van der Waals surface area contributed by atoms with Crippen LogP contribution in [0.4, 0.5) is 4.79 Å². The number of carbonyl (C=O) groups excluding carboxylic acids is 4. The highest BCUT2D eigenvalue weighted by molar-refractivity contribution is 5.91. The number of carboxylic acid groups (broad SMARTS) is 1. The van der Waals surface area contributed by atoms with E-state index in [9.17, 15) is 29.1 Å². The number of aryl methyl sites for hydroxylation is 1. The van der Waals surface area contributed by atoms with Crippen LogP contribution in [0.5, 0.6) is 0 Å². The Morgan fingerprint density at radius 1 is 1.00 bits per heavy atom. The Balaban J connectivity index is -0.000000898. The third-order valence-corrected chi connectivity index (χ3v) is 5.35. The molecule has 2 unspecified atom stereocenters. The Hall–Kier alpha value is -4.94. The number of hydrogen-bond donors (Lipinski definition) is 7. The average molecular weight is 674 g/mol. The zero-order valence-corrected chi connectivity index (χ0v) is 29.9. The molecule has 2 atom stereocenters. The van der Waals surface area contributed by atoms with Gasteiger partial charge in [-0.15, -0.1) is 0 Å². The maximum Gasteiger partial charge on any atom is 0.326 e. The van der Waals surface area contributed by atoms with Gasteiger partial charge in [-0.1, -0.05) is 108 Å². The number of urea groups is 1. The fourth-order valence-electron chi connectivity index (χ4n) is 3.07. The Labute approximate surface area is 286 Å². The number of nitrogens with two attached hydrogens (primary N) is 2. The molecule has 0 saturated heterocycles. The molecule has 13 nitrogen and oxygen atoms in total. The lowest BCUT2D eigenvalue weighted by atomic mass is 10.0. The maximum atomic E-state index is 12.1. The quantitative estimate of drug-likeness (QED) is 0.0630. The van der Waals surface area contributed by atoms with Gasteiger partial charge in [0.2, 0.25) is 11.8 Å². The second kappa shape index (κ2) is 30.7. The lowest BCUT2D eigenvalue weighted by Crippen LogP contribution is -2.53. The minimum absolute atomic E-state index is 0.0438. The molecule has 13 heteroatoms. The van der Waals surface area contributed by atoms with Crippen molar-refractivity contribution < 1.29 is 29.1 Å². The summed E-state index contributed by atoms with van der Waals surface area (Å²) < 4.78 is 0. The van der Waals surface area contributed by atoms with Crippen molar-refractivity contribution in [2.45, 2.75) is 80.3 Å². The highest BCUT2D eigenvalue weighted by Gasteiger charge is 2.25. The standard InChI is InChI=1S/C20H30N4O6.C7H8.C4H11N3.C4H10/c1-5-7-8-14(6-2)11-15(19(28)29)23-20(30)22-12-16(26)24-17(13(3)4)18(27)21-9-10-25;1-7-5-3-2-4-6-7;1-2-3-7-4(5)6;1-4(2)3/h5-8,10,13,15,17H,1,9,11-12H2,2-4H3,(H,21,27)(H,24,26)(H,28,29)(H2,22,23,30);2-6H,1H3;2-3H2,1H3,(H4,5,6,7);4H,1-3H3/b8-7-,14-6+;;;. The van der Waals surface area contributed by atoms with Gasteiger partial charge < -0.3 is 42.6 Å². The Bertz CT molecular complexity index is 1160. The van der Waals surface area contributed by atoms with Gasteiger partial charge in [-0.05, 0) is 37.7 Å². The molecular weight excluding hydrogens is 614 g/mol. The highest BCUT2D eigenvalue weighted by atomic mass is 16.4. The summed E-state index contributed by atoms with van der Waals surface area (Å²) in [7, 11) is 0. The number of guanidine groups is 1. The number of carboxylic acids is 1. The highest BCUT2D eigenvalue weighted by Crippen LogP contribution is 2.08. The predicted molar refractivity (Wildman–Crippen MR) is 194 cm³/mol. The molecule has 0 aliphatic heterocycles. The minimum Gasteiger partial charge on any atom is -0.480 e. The van der Waals surface area contributed by atoms with Crippen LogP contribution in [0.1, 0.15) is 66.9 Å². The van der Waals surface area contributed by atoms with Gasteiger partial charge >= 0.3 is 12.0 Å². The van der Waals surface area contributed by atoms with Crippen molar-refractivity contribution in [2.24, 2.45) is 28.3 Å². The van der Waals surface area contributed by atoms with E-state index < -0.39 is 42.4 Å². The van der Waals surface area contributed by atoms with Crippen LogP contribution in [-0.2, 0) is 19.2 Å². The number of carbonyl (C=O) groups is 5. The lowest BCUT2D eigenvalue weighted by Gasteiger charge is -2.21. The molecule has 0 fully saturated rings. The topological polar surface area (TPSA) is 218 Å². The molecule has 1 aromatic rings. The minimum atomic E-state index is -1.23. The number of rotatable bonds is 15. The molecule has 0 aliphatic carbocycles. The van der Waals surface area contributed by atoms with Crippen LogP contribution in [-0.4, -0.2) is 72.9 Å². The molecule has 0 spiro atoms. The van der Waals surface area contributed by atoms with Crippen LogP contribution in [0.25, 0.3) is 0 Å². The van der Waals surface area contributed by atoms with Gasteiger partial charge in [0.05, 0.1) is 13.1 Å². The molecule has 48 heavy (non-hydrogen) atoms. The summed E-state index contributed by atoms with van der Waals surface area (Å²) in [4.78, 5) is 61.5. The van der Waals surface area contributed by atoms with E-state index in [1.54, 1.807) is 45.1 Å². The molecular formula is C35H59N7O6. The van der Waals surface area contributed by atoms with Crippen LogP contribution in [0, 0.1) is 18.8 Å². The first-order valence-electron chi connectivity index (χ1n) is 15.8. The molecule has 0 heterocycles. The van der Waals surface area contributed by atoms with Crippen molar-refractivity contribution in [2.75, 3.05) is 19.6 Å². The van der Waals surface area contributed by atoms with Crippen molar-refractivity contribution in [3.63, 3.8) is 0 Å². The smallest absolute Gasteiger partial charge is 0.326 e. The Morgan fingerprint density at radius 3 is 1.96 bits per heavy atom. The number of aliphatic carboxylic acids is 1. The van der Waals surface area contributed by atoms with Crippen LogP contribution in [0.3, 0.4) is 0 Å². The van der Waals surface area contributed by atoms with Crippen molar-refractivity contribution in [1.29, 1.82) is 0 Å². The summed E-state index contributed by atoms with van der Waals surface area (Å²) in [5.41, 5.74) is 12.0. The molecule has 1 aromatic carbocycles. The van der Waals surface area contributed by atoms with E-state index >= 15 is 0 Å².